The average Bonchev–Trinajstić information content (AvgIpc) is 3.30. The van der Waals surface area contributed by atoms with Gasteiger partial charge in [-0.05, 0) is 55.0 Å². The molecule has 3 amide bonds. The molecule has 4 rings (SSSR count). The number of fused-ring (bicyclic) bond motifs is 1. The second-order valence-electron chi connectivity index (χ2n) is 12.5. The summed E-state index contributed by atoms with van der Waals surface area (Å²) in [6.07, 6.45) is -2.27. The molecule has 3 aromatic rings. The fourth-order valence-electron chi connectivity index (χ4n) is 5.41. The number of ether oxygens (including phenoxy) is 1. The Morgan fingerprint density at radius 1 is 0.889 bits per heavy atom. The molecule has 0 aromatic heterocycles. The van der Waals surface area contributed by atoms with Crippen molar-refractivity contribution in [2.75, 3.05) is 0 Å². The molecule has 10 nitrogen and oxygen atoms in total. The van der Waals surface area contributed by atoms with Crippen LogP contribution in [0.5, 0.6) is 0 Å². The van der Waals surface area contributed by atoms with E-state index in [0.29, 0.717) is 13.0 Å². The van der Waals surface area contributed by atoms with Crippen molar-refractivity contribution in [1.29, 1.82) is 0 Å². The highest BCUT2D eigenvalue weighted by Crippen LogP contribution is 2.31. The van der Waals surface area contributed by atoms with E-state index in [0.717, 1.165) is 27.8 Å². The fraction of sp³-hybridized carbons (Fsp3) is 0.400. The average molecular weight is 617 g/mol. The molecule has 0 heterocycles. The summed E-state index contributed by atoms with van der Waals surface area (Å²) < 4.78 is 5.49. The van der Waals surface area contributed by atoms with Crippen LogP contribution in [0.3, 0.4) is 0 Å². The van der Waals surface area contributed by atoms with Crippen LogP contribution >= 0.6 is 0 Å². The molecule has 3 aromatic carbocycles. The van der Waals surface area contributed by atoms with Crippen LogP contribution in [0.25, 0.3) is 0 Å². The summed E-state index contributed by atoms with van der Waals surface area (Å²) in [7, 11) is 0. The van der Waals surface area contributed by atoms with Crippen LogP contribution in [0.2, 0.25) is 0 Å². The van der Waals surface area contributed by atoms with E-state index in [1.807, 2.05) is 78.9 Å². The number of aliphatic hydroxyl groups excluding tert-OH is 2. The second-order valence-corrected chi connectivity index (χ2v) is 12.5. The van der Waals surface area contributed by atoms with Crippen LogP contribution in [0.4, 0.5) is 4.79 Å². The lowest BCUT2D eigenvalue weighted by Crippen LogP contribution is -2.60. The summed E-state index contributed by atoms with van der Waals surface area (Å²) in [6, 6.07) is 21.7. The molecule has 0 saturated heterocycles. The van der Waals surface area contributed by atoms with Crippen LogP contribution in [0, 0.1) is 0 Å². The van der Waals surface area contributed by atoms with Gasteiger partial charge in [-0.2, -0.15) is 0 Å². The highest BCUT2D eigenvalue weighted by atomic mass is 16.6. The van der Waals surface area contributed by atoms with E-state index in [4.69, 9.17) is 4.74 Å². The van der Waals surface area contributed by atoms with Gasteiger partial charge in [0.05, 0.1) is 24.3 Å². The first-order valence-electron chi connectivity index (χ1n) is 15.2. The Hall–Kier alpha value is -4.25. The van der Waals surface area contributed by atoms with Crippen LogP contribution in [-0.4, -0.2) is 58.0 Å². The quantitative estimate of drug-likeness (QED) is 0.183. The predicted octanol–water partition coefficient (Wildman–Crippen LogP) is 3.05. The molecular formula is C35H44N4O6. The van der Waals surface area contributed by atoms with Crippen LogP contribution < -0.4 is 21.3 Å². The van der Waals surface area contributed by atoms with Gasteiger partial charge in [-0.25, -0.2) is 4.79 Å². The Bertz CT molecular complexity index is 1440. The Kier molecular flexibility index (Phi) is 11.3. The molecule has 0 bridgehead atoms. The summed E-state index contributed by atoms with van der Waals surface area (Å²) >= 11 is 0. The van der Waals surface area contributed by atoms with Crippen molar-refractivity contribution in [3.8, 4) is 0 Å². The van der Waals surface area contributed by atoms with E-state index in [9.17, 15) is 24.6 Å². The van der Waals surface area contributed by atoms with Gasteiger partial charge in [0.2, 0.25) is 11.8 Å². The molecule has 0 radical (unpaired) electrons. The zero-order chi connectivity index (χ0) is 32.6. The smallest absolute Gasteiger partial charge is 0.407 e. The summed E-state index contributed by atoms with van der Waals surface area (Å²) in [4.78, 5) is 38.1. The summed E-state index contributed by atoms with van der Waals surface area (Å²) in [5, 5.41) is 34.4. The molecule has 0 fully saturated rings. The van der Waals surface area contributed by atoms with Crippen molar-refractivity contribution in [3.05, 3.63) is 107 Å². The van der Waals surface area contributed by atoms with Crippen LogP contribution in [0.15, 0.2) is 78.9 Å². The standard InChI is InChI=1S/C35H44N4O6/c1-22(40)36-20-24-14-16-25(17-15-24)21-37-31(33(43)39-30-27-13-9-8-12-26(27)19-29(30)41)32(42)28(18-23-10-6-5-7-11-23)38-34(44)45-35(2,3)4/h5-17,28-32,37,41-42H,18-21H2,1-4H3,(H,36,40)(H,38,44)(H,39,43)/t28-,29?,30?,31+,32-/m0/s1. The minimum atomic E-state index is -1.38. The van der Waals surface area contributed by atoms with Gasteiger partial charge in [0.15, 0.2) is 0 Å². The predicted molar refractivity (Wildman–Crippen MR) is 171 cm³/mol. The number of amides is 3. The fourth-order valence-corrected chi connectivity index (χ4v) is 5.41. The first-order chi connectivity index (χ1) is 21.4. The third kappa shape index (κ3) is 9.87. The molecular weight excluding hydrogens is 572 g/mol. The number of alkyl carbamates (subject to hydrolysis) is 1. The third-order valence-corrected chi connectivity index (χ3v) is 7.63. The Balaban J connectivity index is 1.58. The second kappa shape index (κ2) is 15.2. The van der Waals surface area contributed by atoms with Crippen molar-refractivity contribution in [3.63, 3.8) is 0 Å². The van der Waals surface area contributed by atoms with Crippen molar-refractivity contribution < 1.29 is 29.3 Å². The van der Waals surface area contributed by atoms with Crippen LogP contribution in [0.1, 0.15) is 61.6 Å². The van der Waals surface area contributed by atoms with Crippen molar-refractivity contribution in [2.24, 2.45) is 0 Å². The van der Waals surface area contributed by atoms with E-state index in [1.54, 1.807) is 20.8 Å². The lowest BCUT2D eigenvalue weighted by atomic mass is 9.95. The SMILES string of the molecule is CC(=O)NCc1ccc(CN[C@@H](C(=O)NC2c3ccccc3CC2O)[C@@H](O)[C@H](Cc2ccccc2)NC(=O)OC(C)(C)C)cc1. The van der Waals surface area contributed by atoms with Gasteiger partial charge >= 0.3 is 6.09 Å². The number of rotatable bonds is 12. The van der Waals surface area contributed by atoms with Gasteiger partial charge < -0.3 is 30.9 Å². The van der Waals surface area contributed by atoms with E-state index >= 15 is 0 Å². The van der Waals surface area contributed by atoms with Gasteiger partial charge in [0.1, 0.15) is 11.6 Å². The summed E-state index contributed by atoms with van der Waals surface area (Å²) in [6.45, 7) is 7.33. The number of carbonyl (C=O) groups excluding carboxylic acids is 3. The normalized spacial score (nSPS) is 17.8. The Labute approximate surface area is 264 Å². The van der Waals surface area contributed by atoms with E-state index in [-0.39, 0.29) is 18.9 Å². The maximum atomic E-state index is 14.0. The molecule has 1 aliphatic rings. The van der Waals surface area contributed by atoms with E-state index in [1.165, 1.54) is 6.92 Å². The highest BCUT2D eigenvalue weighted by Gasteiger charge is 2.38. The molecule has 45 heavy (non-hydrogen) atoms. The molecule has 0 aliphatic heterocycles. The number of nitrogens with one attached hydrogen (secondary N) is 4. The Morgan fingerprint density at radius 3 is 2.16 bits per heavy atom. The lowest BCUT2D eigenvalue weighted by Gasteiger charge is -2.32. The maximum absolute atomic E-state index is 14.0. The number of hydrogen-bond donors (Lipinski definition) is 6. The number of hydrogen-bond acceptors (Lipinski definition) is 7. The van der Waals surface area contributed by atoms with Gasteiger partial charge in [0, 0.05) is 26.4 Å². The van der Waals surface area contributed by atoms with E-state index < -0.39 is 47.9 Å². The number of aliphatic hydroxyl groups is 2. The molecule has 1 aliphatic carbocycles. The van der Waals surface area contributed by atoms with Gasteiger partial charge in [-0.1, -0.05) is 78.9 Å². The molecule has 0 saturated carbocycles. The zero-order valence-electron chi connectivity index (χ0n) is 26.2. The molecule has 240 valence electrons. The lowest BCUT2D eigenvalue weighted by molar-refractivity contribution is -0.128. The molecule has 6 N–H and O–H groups in total. The molecule has 0 spiro atoms. The van der Waals surface area contributed by atoms with Gasteiger partial charge in [0.25, 0.3) is 0 Å². The van der Waals surface area contributed by atoms with E-state index in [2.05, 4.69) is 21.3 Å². The zero-order valence-corrected chi connectivity index (χ0v) is 26.2. The van der Waals surface area contributed by atoms with Crippen molar-refractivity contribution in [2.45, 2.75) is 89.6 Å². The van der Waals surface area contributed by atoms with Gasteiger partial charge in [-0.3, -0.25) is 14.9 Å². The Morgan fingerprint density at radius 2 is 1.51 bits per heavy atom. The van der Waals surface area contributed by atoms with Crippen molar-refractivity contribution in [1.82, 2.24) is 21.3 Å². The topological polar surface area (TPSA) is 149 Å². The van der Waals surface area contributed by atoms with Gasteiger partial charge in [-0.15, -0.1) is 0 Å². The minimum Gasteiger partial charge on any atom is -0.444 e. The molecule has 2 unspecified atom stereocenters. The van der Waals surface area contributed by atoms with Crippen molar-refractivity contribution >= 4 is 17.9 Å². The molecule has 5 atom stereocenters. The maximum Gasteiger partial charge on any atom is 0.407 e. The number of benzene rings is 3. The summed E-state index contributed by atoms with van der Waals surface area (Å²) in [5.41, 5.74) is 3.63. The first-order valence-corrected chi connectivity index (χ1v) is 15.2. The first kappa shape index (κ1) is 33.6. The molecule has 10 heteroatoms. The van der Waals surface area contributed by atoms with Crippen LogP contribution in [-0.2, 0) is 40.3 Å². The summed E-state index contributed by atoms with van der Waals surface area (Å²) in [5.74, 6) is -0.641. The third-order valence-electron chi connectivity index (χ3n) is 7.63. The number of carbonyl (C=O) groups is 3. The minimum absolute atomic E-state index is 0.122. The monoisotopic (exact) mass is 616 g/mol. The largest absolute Gasteiger partial charge is 0.444 e. The highest BCUT2D eigenvalue weighted by molar-refractivity contribution is 5.83.